The van der Waals surface area contributed by atoms with E-state index >= 15 is 0 Å². The Morgan fingerprint density at radius 3 is 2.25 bits per heavy atom. The second-order valence-corrected chi connectivity index (χ2v) is 7.49. The van der Waals surface area contributed by atoms with E-state index in [9.17, 15) is 30.8 Å². The summed E-state index contributed by atoms with van der Waals surface area (Å²) in [5.41, 5.74) is 0. The molecule has 0 radical (unpaired) electrons. The number of carbonyl (C=O) groups excluding carboxylic acids is 1. The summed E-state index contributed by atoms with van der Waals surface area (Å²) in [6, 6.07) is 3.10. The molecule has 0 spiro atoms. The largest absolute Gasteiger partial charge is 0.397 e. The van der Waals surface area contributed by atoms with Gasteiger partial charge < -0.3 is 4.90 Å². The number of alkyl halides is 3. The van der Waals surface area contributed by atoms with Crippen LogP contribution >= 0.6 is 11.6 Å². The number of piperazine rings is 1. The molecule has 5 nitrogen and oxygen atoms in total. The molecule has 0 N–H and O–H groups in total. The molecule has 1 fully saturated rings. The number of hydrogen-bond donors (Lipinski definition) is 0. The van der Waals surface area contributed by atoms with Crippen molar-refractivity contribution in [2.75, 3.05) is 26.2 Å². The lowest BCUT2D eigenvalue weighted by Crippen LogP contribution is -2.51. The van der Waals surface area contributed by atoms with E-state index in [1.54, 1.807) is 0 Å². The Bertz CT molecular complexity index is 731. The zero-order chi connectivity index (χ0) is 18.1. The van der Waals surface area contributed by atoms with Crippen molar-refractivity contribution in [3.8, 4) is 0 Å². The molecule has 134 valence electrons. The number of benzene rings is 1. The van der Waals surface area contributed by atoms with Gasteiger partial charge >= 0.3 is 6.18 Å². The highest BCUT2D eigenvalue weighted by molar-refractivity contribution is 7.89. The van der Waals surface area contributed by atoms with Crippen LogP contribution in [0.3, 0.4) is 0 Å². The first-order valence-electron chi connectivity index (χ1n) is 6.80. The van der Waals surface area contributed by atoms with Gasteiger partial charge in [0.2, 0.25) is 15.9 Å². The molecule has 24 heavy (non-hydrogen) atoms. The van der Waals surface area contributed by atoms with Gasteiger partial charge in [-0.3, -0.25) is 4.79 Å². The molecule has 1 heterocycles. The molecular weight excluding hydrogens is 376 g/mol. The molecule has 0 aromatic heterocycles. The van der Waals surface area contributed by atoms with Crippen LogP contribution in [-0.4, -0.2) is 55.9 Å². The number of nitrogens with zero attached hydrogens (tertiary/aromatic N) is 2. The molecule has 1 aromatic rings. The standard InChI is InChI=1S/C13H13ClF4N2O3S/c14-9-1-2-11(10(15)7-9)24(22,23)20-5-3-19(4-6-20)12(21)8-13(16,17)18/h1-2,7H,3-6,8H2. The molecule has 0 saturated carbocycles. The first kappa shape index (κ1) is 18.9. The van der Waals surface area contributed by atoms with Gasteiger partial charge in [0.25, 0.3) is 0 Å². The third-order valence-electron chi connectivity index (χ3n) is 3.45. The molecule has 1 saturated heterocycles. The van der Waals surface area contributed by atoms with Gasteiger partial charge in [0, 0.05) is 31.2 Å². The second kappa shape index (κ2) is 6.85. The van der Waals surface area contributed by atoms with Crippen LogP contribution in [0.5, 0.6) is 0 Å². The maximum absolute atomic E-state index is 13.8. The number of amides is 1. The normalized spacial score (nSPS) is 17.1. The summed E-state index contributed by atoms with van der Waals surface area (Å²) in [5, 5.41) is 0.0361. The molecule has 0 aliphatic carbocycles. The lowest BCUT2D eigenvalue weighted by atomic mass is 10.3. The smallest absolute Gasteiger partial charge is 0.340 e. The summed E-state index contributed by atoms with van der Waals surface area (Å²) in [7, 11) is -4.15. The Balaban J connectivity index is 2.07. The van der Waals surface area contributed by atoms with Gasteiger partial charge in [0.05, 0.1) is 0 Å². The fraction of sp³-hybridized carbons (Fsp3) is 0.462. The molecule has 0 unspecified atom stereocenters. The topological polar surface area (TPSA) is 57.7 Å². The molecule has 0 bridgehead atoms. The van der Waals surface area contributed by atoms with Crippen LogP contribution in [-0.2, 0) is 14.8 Å². The van der Waals surface area contributed by atoms with E-state index in [-0.39, 0.29) is 31.2 Å². The van der Waals surface area contributed by atoms with Gasteiger partial charge in [-0.05, 0) is 18.2 Å². The SMILES string of the molecule is O=C(CC(F)(F)F)N1CCN(S(=O)(=O)c2ccc(Cl)cc2F)CC1. The Hall–Kier alpha value is -1.39. The van der Waals surface area contributed by atoms with E-state index in [4.69, 9.17) is 11.6 Å². The quantitative estimate of drug-likeness (QED) is 0.746. The summed E-state index contributed by atoms with van der Waals surface area (Å²) >= 11 is 5.58. The van der Waals surface area contributed by atoms with Crippen LogP contribution in [0.1, 0.15) is 6.42 Å². The van der Waals surface area contributed by atoms with E-state index in [1.807, 2.05) is 0 Å². The van der Waals surface area contributed by atoms with Crippen molar-refractivity contribution in [1.82, 2.24) is 9.21 Å². The minimum atomic E-state index is -4.62. The van der Waals surface area contributed by atoms with Crippen LogP contribution in [0.4, 0.5) is 17.6 Å². The predicted octanol–water partition coefficient (Wildman–Crippen LogP) is 2.26. The highest BCUT2D eigenvalue weighted by Gasteiger charge is 2.36. The summed E-state index contributed by atoms with van der Waals surface area (Å²) in [6.07, 6.45) is -6.21. The predicted molar refractivity (Wildman–Crippen MR) is 77.4 cm³/mol. The van der Waals surface area contributed by atoms with Crippen molar-refractivity contribution in [2.45, 2.75) is 17.5 Å². The van der Waals surface area contributed by atoms with Gasteiger partial charge in [-0.25, -0.2) is 12.8 Å². The summed E-state index contributed by atoms with van der Waals surface area (Å²) in [5.74, 6) is -2.13. The summed E-state index contributed by atoms with van der Waals surface area (Å²) in [4.78, 5) is 11.9. The number of rotatable bonds is 3. The molecular formula is C13H13ClF4N2O3S. The van der Waals surface area contributed by atoms with Crippen molar-refractivity contribution >= 4 is 27.5 Å². The zero-order valence-electron chi connectivity index (χ0n) is 12.2. The maximum atomic E-state index is 13.8. The van der Waals surface area contributed by atoms with Crippen molar-refractivity contribution in [3.63, 3.8) is 0 Å². The second-order valence-electron chi connectivity index (χ2n) is 5.15. The maximum Gasteiger partial charge on any atom is 0.397 e. The van der Waals surface area contributed by atoms with Crippen molar-refractivity contribution in [1.29, 1.82) is 0 Å². The van der Waals surface area contributed by atoms with E-state index in [2.05, 4.69) is 0 Å². The zero-order valence-corrected chi connectivity index (χ0v) is 13.8. The summed E-state index contributed by atoms with van der Waals surface area (Å²) < 4.78 is 76.2. The van der Waals surface area contributed by atoms with Gasteiger partial charge in [-0.1, -0.05) is 11.6 Å². The minimum Gasteiger partial charge on any atom is -0.340 e. The molecule has 1 amide bonds. The highest BCUT2D eigenvalue weighted by atomic mass is 35.5. The van der Waals surface area contributed by atoms with E-state index in [0.29, 0.717) is 0 Å². The Labute approximate surface area is 140 Å². The number of sulfonamides is 1. The van der Waals surface area contributed by atoms with Crippen LogP contribution in [0.15, 0.2) is 23.1 Å². The fourth-order valence-electron chi connectivity index (χ4n) is 2.28. The average molecular weight is 389 g/mol. The third kappa shape index (κ3) is 4.37. The van der Waals surface area contributed by atoms with Gasteiger partial charge in [0.15, 0.2) is 0 Å². The Morgan fingerprint density at radius 1 is 1.17 bits per heavy atom. The monoisotopic (exact) mass is 388 g/mol. The van der Waals surface area contributed by atoms with E-state index in [0.717, 1.165) is 21.3 Å². The molecule has 2 rings (SSSR count). The lowest BCUT2D eigenvalue weighted by Gasteiger charge is -2.34. The van der Waals surface area contributed by atoms with Gasteiger partial charge in [-0.15, -0.1) is 0 Å². The molecule has 11 heteroatoms. The van der Waals surface area contributed by atoms with Crippen molar-refractivity contribution in [3.05, 3.63) is 29.0 Å². The van der Waals surface area contributed by atoms with Crippen molar-refractivity contribution < 1.29 is 30.8 Å². The highest BCUT2D eigenvalue weighted by Crippen LogP contribution is 2.25. The number of carbonyl (C=O) groups is 1. The Morgan fingerprint density at radius 2 is 1.75 bits per heavy atom. The summed E-state index contributed by atoms with van der Waals surface area (Å²) in [6.45, 7) is -0.811. The van der Waals surface area contributed by atoms with Crippen LogP contribution in [0, 0.1) is 5.82 Å². The number of hydrogen-bond acceptors (Lipinski definition) is 3. The first-order valence-corrected chi connectivity index (χ1v) is 8.62. The molecule has 1 aromatic carbocycles. The lowest BCUT2D eigenvalue weighted by molar-refractivity contribution is -0.162. The minimum absolute atomic E-state index is 0.0361. The third-order valence-corrected chi connectivity index (χ3v) is 5.62. The molecule has 1 aliphatic rings. The van der Waals surface area contributed by atoms with Crippen LogP contribution in [0.2, 0.25) is 5.02 Å². The van der Waals surface area contributed by atoms with Crippen LogP contribution < -0.4 is 0 Å². The number of halogens is 5. The molecule has 1 aliphatic heterocycles. The van der Waals surface area contributed by atoms with Gasteiger partial charge in [-0.2, -0.15) is 17.5 Å². The average Bonchev–Trinajstić information content (AvgIpc) is 2.45. The molecule has 0 atom stereocenters. The van der Waals surface area contributed by atoms with Crippen LogP contribution in [0.25, 0.3) is 0 Å². The van der Waals surface area contributed by atoms with E-state index in [1.165, 1.54) is 6.07 Å². The Kier molecular flexibility index (Phi) is 5.41. The van der Waals surface area contributed by atoms with Crippen molar-refractivity contribution in [2.24, 2.45) is 0 Å². The van der Waals surface area contributed by atoms with E-state index < -0.39 is 39.2 Å². The van der Waals surface area contributed by atoms with Gasteiger partial charge in [0.1, 0.15) is 17.1 Å². The first-order chi connectivity index (χ1) is 11.0. The fourth-order valence-corrected chi connectivity index (χ4v) is 3.91.